The molecule has 8 nitrogen and oxygen atoms in total. The summed E-state index contributed by atoms with van der Waals surface area (Å²) >= 11 is 5.97. The Morgan fingerprint density at radius 1 is 1.32 bits per heavy atom. The first-order chi connectivity index (χ1) is 10.6. The highest BCUT2D eigenvalue weighted by Crippen LogP contribution is 2.23. The Labute approximate surface area is 131 Å². The molecule has 22 heavy (non-hydrogen) atoms. The summed E-state index contributed by atoms with van der Waals surface area (Å²) in [5, 5.41) is 11.4. The molecule has 9 heteroatoms. The maximum Gasteiger partial charge on any atom is 0.279 e. The third kappa shape index (κ3) is 4.27. The van der Waals surface area contributed by atoms with Crippen LogP contribution in [0.25, 0.3) is 5.69 Å². The number of nitrogens with one attached hydrogen (secondary N) is 2. The van der Waals surface area contributed by atoms with Crippen LogP contribution < -0.4 is 16.0 Å². The van der Waals surface area contributed by atoms with Gasteiger partial charge in [0.1, 0.15) is 12.7 Å². The first kappa shape index (κ1) is 15.9. The average molecular weight is 324 g/mol. The molecule has 2 rings (SSSR count). The average Bonchev–Trinajstić information content (AvgIpc) is 3.01. The van der Waals surface area contributed by atoms with E-state index in [1.807, 2.05) is 0 Å². The molecule has 1 aromatic heterocycles. The van der Waals surface area contributed by atoms with Crippen molar-refractivity contribution >= 4 is 29.1 Å². The summed E-state index contributed by atoms with van der Waals surface area (Å²) in [7, 11) is 1.55. The van der Waals surface area contributed by atoms with Gasteiger partial charge in [-0.2, -0.15) is 5.10 Å². The standard InChI is InChI=1S/C13H15ClN6O2/c1-15-12(21)5-16-6-13(22)19-10-4-9(14)2-3-11(10)20-8-17-7-18-20/h2-4,7-8,16H,5-6H2,1H3,(H,15,21)(H,19,22)/p+1. The number of hydrogen-bond acceptors (Lipinski definition) is 4. The van der Waals surface area contributed by atoms with Crippen LogP contribution in [-0.2, 0) is 9.59 Å². The number of quaternary nitrogens is 1. The van der Waals surface area contributed by atoms with Gasteiger partial charge in [0.15, 0.2) is 13.1 Å². The van der Waals surface area contributed by atoms with E-state index >= 15 is 0 Å². The molecule has 0 spiro atoms. The molecule has 0 bridgehead atoms. The first-order valence-electron chi connectivity index (χ1n) is 6.57. The summed E-state index contributed by atoms with van der Waals surface area (Å²) in [6, 6.07) is 5.07. The normalized spacial score (nSPS) is 10.3. The zero-order valence-corrected chi connectivity index (χ0v) is 12.7. The Morgan fingerprint density at radius 3 is 2.77 bits per heavy atom. The van der Waals surface area contributed by atoms with E-state index in [0.29, 0.717) is 16.4 Å². The highest BCUT2D eigenvalue weighted by Gasteiger charge is 2.12. The van der Waals surface area contributed by atoms with Gasteiger partial charge in [0.25, 0.3) is 11.8 Å². The van der Waals surface area contributed by atoms with Gasteiger partial charge >= 0.3 is 0 Å². The predicted octanol–water partition coefficient (Wildman–Crippen LogP) is -0.831. The van der Waals surface area contributed by atoms with Gasteiger partial charge in [-0.05, 0) is 18.2 Å². The molecule has 0 aliphatic heterocycles. The number of amides is 2. The topological polar surface area (TPSA) is 106 Å². The molecule has 0 atom stereocenters. The minimum absolute atomic E-state index is 0.122. The number of nitrogens with zero attached hydrogens (tertiary/aromatic N) is 3. The monoisotopic (exact) mass is 323 g/mol. The Balaban J connectivity index is 2.04. The molecule has 0 fully saturated rings. The van der Waals surface area contributed by atoms with Crippen molar-refractivity contribution in [2.75, 3.05) is 25.5 Å². The summed E-state index contributed by atoms with van der Waals surface area (Å²) in [6.07, 6.45) is 2.92. The summed E-state index contributed by atoms with van der Waals surface area (Å²) in [5.41, 5.74) is 1.18. The number of nitrogens with two attached hydrogens (primary N) is 1. The van der Waals surface area contributed by atoms with Gasteiger partial charge in [0.05, 0.1) is 11.4 Å². The molecule has 2 aromatic rings. The van der Waals surface area contributed by atoms with Gasteiger partial charge in [-0.1, -0.05) is 11.6 Å². The molecule has 0 saturated carbocycles. The van der Waals surface area contributed by atoms with Gasteiger partial charge in [0.2, 0.25) is 0 Å². The maximum atomic E-state index is 12.0. The van der Waals surface area contributed by atoms with Crippen molar-refractivity contribution in [1.82, 2.24) is 20.1 Å². The largest absolute Gasteiger partial charge is 0.354 e. The van der Waals surface area contributed by atoms with E-state index in [4.69, 9.17) is 11.6 Å². The van der Waals surface area contributed by atoms with Crippen molar-refractivity contribution < 1.29 is 14.9 Å². The number of anilines is 1. The van der Waals surface area contributed by atoms with E-state index < -0.39 is 0 Å². The van der Waals surface area contributed by atoms with E-state index in [9.17, 15) is 9.59 Å². The molecule has 0 radical (unpaired) electrons. The van der Waals surface area contributed by atoms with Crippen LogP contribution in [0.15, 0.2) is 30.9 Å². The Hall–Kier alpha value is -2.45. The zero-order valence-electron chi connectivity index (χ0n) is 11.9. The fraction of sp³-hybridized carbons (Fsp3) is 0.231. The van der Waals surface area contributed by atoms with Gasteiger partial charge in [-0.15, -0.1) is 0 Å². The Bertz CT molecular complexity index is 659. The minimum atomic E-state index is -0.243. The van der Waals surface area contributed by atoms with Crippen molar-refractivity contribution in [3.63, 3.8) is 0 Å². The van der Waals surface area contributed by atoms with Crippen LogP contribution in [0.2, 0.25) is 5.02 Å². The molecule has 0 aliphatic carbocycles. The number of halogens is 1. The third-order valence-electron chi connectivity index (χ3n) is 2.84. The summed E-state index contributed by atoms with van der Waals surface area (Å²) in [5.74, 6) is -0.383. The first-order valence-corrected chi connectivity index (χ1v) is 6.94. The molecule has 0 unspecified atom stereocenters. The van der Waals surface area contributed by atoms with Crippen molar-refractivity contribution in [1.29, 1.82) is 0 Å². The second-order valence-electron chi connectivity index (χ2n) is 4.42. The fourth-order valence-corrected chi connectivity index (χ4v) is 1.95. The molecule has 1 heterocycles. The van der Waals surface area contributed by atoms with E-state index in [2.05, 4.69) is 20.7 Å². The lowest BCUT2D eigenvalue weighted by Crippen LogP contribution is -2.88. The van der Waals surface area contributed by atoms with Gasteiger partial charge in [-0.25, -0.2) is 9.67 Å². The number of rotatable bonds is 6. The molecule has 2 amide bonds. The molecule has 4 N–H and O–H groups in total. The van der Waals surface area contributed by atoms with Crippen LogP contribution in [0.4, 0.5) is 5.69 Å². The quantitative estimate of drug-likeness (QED) is 0.645. The number of carbonyl (C=O) groups is 2. The molecule has 0 saturated heterocycles. The van der Waals surface area contributed by atoms with Crippen LogP contribution >= 0.6 is 11.6 Å². The summed E-state index contributed by atoms with van der Waals surface area (Å²) < 4.78 is 1.53. The van der Waals surface area contributed by atoms with Crippen LogP contribution in [0.5, 0.6) is 0 Å². The van der Waals surface area contributed by atoms with Crippen molar-refractivity contribution in [3.05, 3.63) is 35.9 Å². The number of likely N-dealkylation sites (N-methyl/N-ethyl adjacent to an activating group) is 1. The van der Waals surface area contributed by atoms with E-state index in [1.54, 1.807) is 30.6 Å². The van der Waals surface area contributed by atoms with Crippen LogP contribution in [0, 0.1) is 0 Å². The van der Waals surface area contributed by atoms with Crippen molar-refractivity contribution in [3.8, 4) is 5.69 Å². The highest BCUT2D eigenvalue weighted by molar-refractivity contribution is 6.31. The second kappa shape index (κ2) is 7.53. The van der Waals surface area contributed by atoms with Gasteiger partial charge in [0, 0.05) is 12.1 Å². The lowest BCUT2D eigenvalue weighted by Gasteiger charge is -2.10. The lowest BCUT2D eigenvalue weighted by molar-refractivity contribution is -0.632. The summed E-state index contributed by atoms with van der Waals surface area (Å²) in [6.45, 7) is 0.312. The number of carbonyl (C=O) groups excluding carboxylic acids is 2. The number of aromatic nitrogens is 3. The minimum Gasteiger partial charge on any atom is -0.354 e. The lowest BCUT2D eigenvalue weighted by atomic mass is 10.2. The smallest absolute Gasteiger partial charge is 0.279 e. The van der Waals surface area contributed by atoms with E-state index in [1.165, 1.54) is 17.3 Å². The molecule has 0 aliphatic rings. The second-order valence-corrected chi connectivity index (χ2v) is 4.86. The van der Waals surface area contributed by atoms with Gasteiger partial charge in [-0.3, -0.25) is 9.59 Å². The third-order valence-corrected chi connectivity index (χ3v) is 3.07. The fourth-order valence-electron chi connectivity index (χ4n) is 1.78. The molecule has 116 valence electrons. The molecular formula is C13H16ClN6O2+. The predicted molar refractivity (Wildman–Crippen MR) is 80.7 cm³/mol. The Morgan fingerprint density at radius 2 is 2.09 bits per heavy atom. The van der Waals surface area contributed by atoms with Crippen molar-refractivity contribution in [2.24, 2.45) is 0 Å². The van der Waals surface area contributed by atoms with Gasteiger partial charge < -0.3 is 16.0 Å². The van der Waals surface area contributed by atoms with Crippen LogP contribution in [-0.4, -0.2) is 46.7 Å². The van der Waals surface area contributed by atoms with Crippen LogP contribution in [0.3, 0.4) is 0 Å². The number of benzene rings is 1. The Kier molecular flexibility index (Phi) is 5.45. The van der Waals surface area contributed by atoms with Crippen LogP contribution in [0.1, 0.15) is 0 Å². The zero-order chi connectivity index (χ0) is 15.9. The molecular weight excluding hydrogens is 308 g/mol. The maximum absolute atomic E-state index is 12.0. The SMILES string of the molecule is CNC(=O)C[NH2+]CC(=O)Nc1cc(Cl)ccc1-n1cncn1. The van der Waals surface area contributed by atoms with Crippen molar-refractivity contribution in [2.45, 2.75) is 0 Å². The summed E-state index contributed by atoms with van der Waals surface area (Å²) in [4.78, 5) is 26.9. The molecule has 1 aromatic carbocycles. The van der Waals surface area contributed by atoms with E-state index in [-0.39, 0.29) is 24.9 Å². The highest BCUT2D eigenvalue weighted by atomic mass is 35.5. The number of hydrogen-bond donors (Lipinski definition) is 3. The van der Waals surface area contributed by atoms with E-state index in [0.717, 1.165) is 0 Å².